The molecule has 0 radical (unpaired) electrons. The van der Waals surface area contributed by atoms with E-state index >= 15 is 0 Å². The van der Waals surface area contributed by atoms with Crippen molar-refractivity contribution in [3.63, 3.8) is 0 Å². The van der Waals surface area contributed by atoms with Crippen LogP contribution in [0.25, 0.3) is 0 Å². The van der Waals surface area contributed by atoms with Crippen molar-refractivity contribution in [2.24, 2.45) is 0 Å². The molecule has 0 aromatic rings. The Morgan fingerprint density at radius 3 is 1.32 bits per heavy atom. The van der Waals surface area contributed by atoms with E-state index < -0.39 is 18.1 Å². The Bertz CT molecular complexity index is 1170. The second-order valence-electron chi connectivity index (χ2n) is 18.8. The molecule has 0 aromatic heterocycles. The Labute approximate surface area is 388 Å². The Morgan fingerprint density at radius 1 is 0.492 bits per heavy atom. The molecule has 8 heteroatoms. The van der Waals surface area contributed by atoms with E-state index in [-0.39, 0.29) is 36.2 Å². The summed E-state index contributed by atoms with van der Waals surface area (Å²) in [5.41, 5.74) is 0. The average molecular weight is 887 g/mol. The van der Waals surface area contributed by atoms with Crippen molar-refractivity contribution in [2.45, 2.75) is 244 Å². The van der Waals surface area contributed by atoms with Crippen LogP contribution in [0.1, 0.15) is 232 Å². The first-order chi connectivity index (χ1) is 30.6. The fourth-order valence-corrected chi connectivity index (χ4v) is 7.73. The number of likely N-dealkylation sites (N-methyl/N-ethyl adjacent to an activating group) is 1. The summed E-state index contributed by atoms with van der Waals surface area (Å²) in [6, 6.07) is -0.621. The van der Waals surface area contributed by atoms with Crippen molar-refractivity contribution in [1.82, 2.24) is 0 Å². The predicted octanol–water partition coefficient (Wildman–Crippen LogP) is 15.1. The lowest BCUT2D eigenvalue weighted by molar-refractivity contribution is -0.887. The van der Waals surface area contributed by atoms with Gasteiger partial charge in [0.25, 0.3) is 0 Å². The van der Waals surface area contributed by atoms with Gasteiger partial charge in [-0.25, -0.2) is 4.79 Å². The van der Waals surface area contributed by atoms with E-state index in [2.05, 4.69) is 62.5 Å². The van der Waals surface area contributed by atoms with Crippen LogP contribution >= 0.6 is 0 Å². The van der Waals surface area contributed by atoms with Gasteiger partial charge in [0.15, 0.2) is 12.1 Å². The molecule has 0 saturated heterocycles. The molecule has 0 fully saturated rings. The van der Waals surface area contributed by atoms with Crippen molar-refractivity contribution in [1.29, 1.82) is 0 Å². The lowest BCUT2D eigenvalue weighted by Crippen LogP contribution is -2.50. The fourth-order valence-electron chi connectivity index (χ4n) is 7.73. The minimum atomic E-state index is -0.879. The van der Waals surface area contributed by atoms with Gasteiger partial charge in [-0.2, -0.15) is 0 Å². The normalized spacial score (nSPS) is 13.2. The lowest BCUT2D eigenvalue weighted by Gasteiger charge is -2.31. The molecular weight excluding hydrogens is 787 g/mol. The van der Waals surface area contributed by atoms with Crippen LogP contribution in [-0.4, -0.2) is 80.6 Å². The number of quaternary nitrogens is 1. The number of ether oxygens (including phenoxy) is 3. The predicted molar refractivity (Wildman–Crippen MR) is 266 cm³/mol. The number of esters is 2. The lowest BCUT2D eigenvalue weighted by atomic mass is 10.0. The number of carbonyl (C=O) groups is 3. The van der Waals surface area contributed by atoms with Crippen LogP contribution in [0.2, 0.25) is 0 Å². The van der Waals surface area contributed by atoms with Crippen LogP contribution < -0.4 is 0 Å². The molecule has 0 rings (SSSR count). The summed E-state index contributed by atoms with van der Waals surface area (Å²) in [5, 5.41) is 9.65. The Kier molecular flexibility index (Phi) is 43.9. The third kappa shape index (κ3) is 44.3. The third-order valence-electron chi connectivity index (χ3n) is 11.7. The minimum Gasteiger partial charge on any atom is -0.477 e. The standard InChI is InChI=1S/C55H99NO7/c1-6-8-10-12-14-16-18-20-22-24-25-26-27-28-29-30-32-33-35-37-39-41-43-45-53(57)62-50-51(49-61-48-47-52(55(59)60)56(3,4)5)63-54(58)46-44-42-40-38-36-34-31-23-21-19-17-15-13-11-9-7-2/h9,11,15,17,21,23,34,36,51-52H,6-8,10,12-14,16,18-20,22,24-33,35,37-50H2,1-5H3/p+1/b11-9+,17-15+,23-21+,36-34+. The molecule has 8 nitrogen and oxygen atoms in total. The zero-order valence-corrected chi connectivity index (χ0v) is 41.8. The zero-order valence-electron chi connectivity index (χ0n) is 41.8. The van der Waals surface area contributed by atoms with Crippen LogP contribution in [0.15, 0.2) is 48.6 Å². The number of hydrogen-bond donors (Lipinski definition) is 1. The number of carboxylic acid groups (broad SMARTS) is 1. The maximum absolute atomic E-state index is 12.8. The van der Waals surface area contributed by atoms with E-state index in [1.54, 1.807) is 0 Å². The highest BCUT2D eigenvalue weighted by Gasteiger charge is 2.31. The molecule has 0 bridgehead atoms. The van der Waals surface area contributed by atoms with Crippen molar-refractivity contribution in [3.8, 4) is 0 Å². The van der Waals surface area contributed by atoms with Crippen LogP contribution in [0.4, 0.5) is 0 Å². The molecule has 2 unspecified atom stereocenters. The number of carboxylic acids is 1. The van der Waals surface area contributed by atoms with Crippen molar-refractivity contribution < 1.29 is 38.2 Å². The number of aliphatic carboxylic acids is 1. The molecule has 2 atom stereocenters. The van der Waals surface area contributed by atoms with Gasteiger partial charge in [-0.1, -0.05) is 210 Å². The average Bonchev–Trinajstić information content (AvgIpc) is 3.24. The first-order valence-corrected chi connectivity index (χ1v) is 26.2. The topological polar surface area (TPSA) is 99.1 Å². The molecule has 0 heterocycles. The molecular formula is C55H100NO7+. The van der Waals surface area contributed by atoms with Gasteiger partial charge < -0.3 is 23.8 Å². The fraction of sp³-hybridized carbons (Fsp3) is 0.800. The highest BCUT2D eigenvalue weighted by atomic mass is 16.6. The van der Waals surface area contributed by atoms with Crippen LogP contribution in [-0.2, 0) is 28.6 Å². The molecule has 0 aliphatic heterocycles. The van der Waals surface area contributed by atoms with Gasteiger partial charge in [-0.15, -0.1) is 0 Å². The van der Waals surface area contributed by atoms with Crippen molar-refractivity contribution in [2.75, 3.05) is 41.0 Å². The maximum Gasteiger partial charge on any atom is 0.362 e. The Hall–Kier alpha value is -2.71. The van der Waals surface area contributed by atoms with E-state index in [9.17, 15) is 19.5 Å². The second kappa shape index (κ2) is 45.8. The quantitative estimate of drug-likeness (QED) is 0.0281. The van der Waals surface area contributed by atoms with Gasteiger partial charge in [0.1, 0.15) is 6.61 Å². The van der Waals surface area contributed by atoms with E-state index in [0.29, 0.717) is 19.3 Å². The second-order valence-corrected chi connectivity index (χ2v) is 18.8. The van der Waals surface area contributed by atoms with E-state index in [1.807, 2.05) is 21.1 Å². The van der Waals surface area contributed by atoms with Gasteiger partial charge in [0.05, 0.1) is 34.4 Å². The smallest absolute Gasteiger partial charge is 0.362 e. The summed E-state index contributed by atoms with van der Waals surface area (Å²) in [6.07, 6.45) is 56.0. The molecule has 0 aliphatic carbocycles. The largest absolute Gasteiger partial charge is 0.477 e. The number of carbonyl (C=O) groups excluding carboxylic acids is 2. The summed E-state index contributed by atoms with van der Waals surface area (Å²) < 4.78 is 17.3. The monoisotopic (exact) mass is 887 g/mol. The van der Waals surface area contributed by atoms with Crippen LogP contribution in [0.3, 0.4) is 0 Å². The third-order valence-corrected chi connectivity index (χ3v) is 11.7. The van der Waals surface area contributed by atoms with Gasteiger partial charge >= 0.3 is 17.9 Å². The molecule has 0 amide bonds. The number of hydrogen-bond acceptors (Lipinski definition) is 6. The molecule has 0 aliphatic rings. The van der Waals surface area contributed by atoms with Crippen molar-refractivity contribution in [3.05, 3.63) is 48.6 Å². The zero-order chi connectivity index (χ0) is 46.3. The summed E-state index contributed by atoms with van der Waals surface area (Å²) in [7, 11) is 5.53. The molecule has 1 N–H and O–H groups in total. The molecule has 0 saturated carbocycles. The highest BCUT2D eigenvalue weighted by Crippen LogP contribution is 2.16. The summed E-state index contributed by atoms with van der Waals surface area (Å²) in [5.74, 6) is -1.50. The van der Waals surface area contributed by atoms with Gasteiger partial charge in [0.2, 0.25) is 0 Å². The van der Waals surface area contributed by atoms with Gasteiger partial charge in [-0.3, -0.25) is 9.59 Å². The Morgan fingerprint density at radius 2 is 0.889 bits per heavy atom. The summed E-state index contributed by atoms with van der Waals surface area (Å²) >= 11 is 0. The first kappa shape index (κ1) is 60.3. The van der Waals surface area contributed by atoms with Gasteiger partial charge in [0, 0.05) is 19.3 Å². The van der Waals surface area contributed by atoms with E-state index in [1.165, 1.54) is 128 Å². The minimum absolute atomic E-state index is 0.0494. The summed E-state index contributed by atoms with van der Waals surface area (Å²) in [6.45, 7) is 4.62. The first-order valence-electron chi connectivity index (χ1n) is 26.2. The molecule has 366 valence electrons. The summed E-state index contributed by atoms with van der Waals surface area (Å²) in [4.78, 5) is 37.1. The van der Waals surface area contributed by atoms with Crippen LogP contribution in [0.5, 0.6) is 0 Å². The number of allylic oxidation sites excluding steroid dienone is 8. The maximum atomic E-state index is 12.8. The highest BCUT2D eigenvalue weighted by molar-refractivity contribution is 5.72. The molecule has 0 spiro atoms. The number of rotatable bonds is 47. The number of unbranched alkanes of at least 4 members (excludes halogenated alkanes) is 25. The Balaban J connectivity index is 4.20. The molecule has 0 aromatic carbocycles. The van der Waals surface area contributed by atoms with E-state index in [0.717, 1.165) is 70.6 Å². The molecule has 63 heavy (non-hydrogen) atoms. The SMILES string of the molecule is CC/C=C/C/C=C/C/C=C/C/C=C/CCCCCC(=O)OC(COCCC(C(=O)O)[N+](C)(C)C)COC(=O)CCCCCCCCCCCCCCCCCCCCCCCCC. The van der Waals surface area contributed by atoms with Crippen LogP contribution in [0, 0.1) is 0 Å². The van der Waals surface area contributed by atoms with Crippen molar-refractivity contribution >= 4 is 17.9 Å². The van der Waals surface area contributed by atoms with Gasteiger partial charge in [-0.05, 0) is 51.4 Å². The van der Waals surface area contributed by atoms with E-state index in [4.69, 9.17) is 14.2 Å². The number of nitrogens with zero attached hydrogens (tertiary/aromatic N) is 1.